The zero-order chi connectivity index (χ0) is 34.9. The summed E-state index contributed by atoms with van der Waals surface area (Å²) in [7, 11) is 1.59. The number of aromatic nitrogens is 3. The minimum absolute atomic E-state index is 0.0110. The van der Waals surface area contributed by atoms with Crippen LogP contribution in [0, 0.1) is 17.6 Å². The van der Waals surface area contributed by atoms with E-state index in [1.54, 1.807) is 13.1 Å². The molecule has 3 aliphatic heterocycles. The van der Waals surface area contributed by atoms with Crippen molar-refractivity contribution in [3.8, 4) is 16.9 Å². The zero-order valence-electron chi connectivity index (χ0n) is 26.7. The van der Waals surface area contributed by atoms with Crippen molar-refractivity contribution in [3.05, 3.63) is 95.1 Å². The van der Waals surface area contributed by atoms with Crippen molar-refractivity contribution in [2.24, 2.45) is 13.0 Å². The SMILES string of the molecule is Cn1cnc2c3c(c(C(F)(F)F)cc21)-c1cccn2c(C(=O)c4cc(F)c(NC(=O)/C=C/CN5CC6COCC5C6)c(F)c4)cc(c12)CCO3. The van der Waals surface area contributed by atoms with E-state index in [4.69, 9.17) is 9.47 Å². The Labute approximate surface area is 281 Å². The number of amides is 1. The van der Waals surface area contributed by atoms with E-state index in [2.05, 4.69) is 15.2 Å². The molecule has 6 heterocycles. The number of imidazole rings is 1. The van der Waals surface area contributed by atoms with Gasteiger partial charge in [-0.3, -0.25) is 14.5 Å². The molecule has 2 aromatic carbocycles. The van der Waals surface area contributed by atoms with E-state index in [0.29, 0.717) is 30.1 Å². The number of alkyl halides is 3. The smallest absolute Gasteiger partial charge is 0.417 e. The number of ether oxygens (including phenoxy) is 2. The second-order valence-corrected chi connectivity index (χ2v) is 12.9. The Balaban J connectivity index is 1.11. The van der Waals surface area contributed by atoms with Crippen LogP contribution in [-0.4, -0.2) is 69.5 Å². The lowest BCUT2D eigenvalue weighted by atomic mass is 9.94. The number of carbonyl (C=O) groups is 2. The third-order valence-electron chi connectivity index (χ3n) is 9.71. The number of hydrogen-bond donors (Lipinski definition) is 1. The molecular formula is C36H30F5N5O4. The maximum absolute atomic E-state index is 15.3. The largest absolute Gasteiger partial charge is 0.490 e. The molecule has 50 heavy (non-hydrogen) atoms. The summed E-state index contributed by atoms with van der Waals surface area (Å²) in [4.78, 5) is 32.9. The minimum Gasteiger partial charge on any atom is -0.490 e. The molecule has 8 rings (SSSR count). The first kappa shape index (κ1) is 32.1. The number of likely N-dealkylation sites (tertiary alicyclic amines) is 1. The molecule has 2 bridgehead atoms. The summed E-state index contributed by atoms with van der Waals surface area (Å²) in [6, 6.07) is 7.48. The van der Waals surface area contributed by atoms with E-state index >= 15 is 8.78 Å². The highest BCUT2D eigenvalue weighted by molar-refractivity contribution is 6.10. The van der Waals surface area contributed by atoms with Crippen molar-refractivity contribution in [1.82, 2.24) is 18.9 Å². The molecule has 2 saturated heterocycles. The quantitative estimate of drug-likeness (QED) is 0.130. The number of nitrogens with one attached hydrogen (secondary N) is 1. The summed E-state index contributed by atoms with van der Waals surface area (Å²) in [5.74, 6) is -3.37. The molecule has 258 valence electrons. The monoisotopic (exact) mass is 691 g/mol. The molecule has 2 fully saturated rings. The summed E-state index contributed by atoms with van der Waals surface area (Å²) in [5, 5.41) is 2.22. The summed E-state index contributed by atoms with van der Waals surface area (Å²) in [6.07, 6.45) is 2.28. The topological polar surface area (TPSA) is 90.1 Å². The van der Waals surface area contributed by atoms with Gasteiger partial charge in [-0.2, -0.15) is 13.2 Å². The molecule has 9 nitrogen and oxygen atoms in total. The van der Waals surface area contributed by atoms with Crippen LogP contribution in [0.2, 0.25) is 0 Å². The van der Waals surface area contributed by atoms with Gasteiger partial charge in [0, 0.05) is 61.6 Å². The Hall–Kier alpha value is -5.08. The lowest BCUT2D eigenvalue weighted by Crippen LogP contribution is -2.33. The number of anilines is 1. The van der Waals surface area contributed by atoms with Crippen LogP contribution in [-0.2, 0) is 29.2 Å². The maximum atomic E-state index is 15.3. The van der Waals surface area contributed by atoms with E-state index in [9.17, 15) is 22.8 Å². The van der Waals surface area contributed by atoms with Gasteiger partial charge < -0.3 is 23.8 Å². The van der Waals surface area contributed by atoms with Crippen LogP contribution < -0.4 is 10.1 Å². The number of fused-ring (bicyclic) bond motifs is 6. The third-order valence-corrected chi connectivity index (χ3v) is 9.71. The third kappa shape index (κ3) is 5.42. The van der Waals surface area contributed by atoms with Gasteiger partial charge in [0.2, 0.25) is 11.7 Å². The molecule has 3 aliphatic rings. The molecule has 1 amide bonds. The number of pyridine rings is 1. The molecule has 0 radical (unpaired) electrons. The molecular weight excluding hydrogens is 661 g/mol. The summed E-state index contributed by atoms with van der Waals surface area (Å²) >= 11 is 0. The van der Waals surface area contributed by atoms with Crippen molar-refractivity contribution in [3.63, 3.8) is 0 Å². The molecule has 0 aliphatic carbocycles. The average molecular weight is 692 g/mol. The van der Waals surface area contributed by atoms with Crippen LogP contribution >= 0.6 is 0 Å². The van der Waals surface area contributed by atoms with E-state index in [0.717, 1.165) is 37.8 Å². The van der Waals surface area contributed by atoms with E-state index in [1.165, 1.54) is 45.8 Å². The number of benzene rings is 2. The molecule has 1 N–H and O–H groups in total. The number of ketones is 1. The highest BCUT2D eigenvalue weighted by Gasteiger charge is 2.39. The fourth-order valence-corrected chi connectivity index (χ4v) is 7.45. The highest BCUT2D eigenvalue weighted by atomic mass is 19.4. The molecule has 0 spiro atoms. The second kappa shape index (κ2) is 12.1. The van der Waals surface area contributed by atoms with E-state index < -0.39 is 40.8 Å². The first-order chi connectivity index (χ1) is 24.0. The van der Waals surface area contributed by atoms with E-state index in [1.807, 2.05) is 0 Å². The van der Waals surface area contributed by atoms with E-state index in [-0.39, 0.29) is 58.2 Å². The minimum atomic E-state index is -4.76. The number of halogens is 5. The summed E-state index contributed by atoms with van der Waals surface area (Å²) < 4.78 is 88.8. The van der Waals surface area contributed by atoms with Crippen LogP contribution in [0.4, 0.5) is 27.6 Å². The summed E-state index contributed by atoms with van der Waals surface area (Å²) in [5.41, 5.74) is -0.665. The molecule has 2 unspecified atom stereocenters. The van der Waals surface area contributed by atoms with Gasteiger partial charge in [-0.05, 0) is 48.2 Å². The van der Waals surface area contributed by atoms with Gasteiger partial charge in [0.25, 0.3) is 0 Å². The van der Waals surface area contributed by atoms with Gasteiger partial charge in [-0.15, -0.1) is 0 Å². The molecule has 5 aromatic rings. The van der Waals surface area contributed by atoms with Gasteiger partial charge >= 0.3 is 6.18 Å². The van der Waals surface area contributed by atoms with Crippen molar-refractivity contribution in [1.29, 1.82) is 0 Å². The Morgan fingerprint density at radius 2 is 1.92 bits per heavy atom. The number of rotatable bonds is 6. The van der Waals surface area contributed by atoms with Crippen LogP contribution in [0.25, 0.3) is 27.7 Å². The highest BCUT2D eigenvalue weighted by Crippen LogP contribution is 2.48. The van der Waals surface area contributed by atoms with Gasteiger partial charge in [-0.25, -0.2) is 13.8 Å². The Morgan fingerprint density at radius 3 is 2.68 bits per heavy atom. The van der Waals surface area contributed by atoms with Crippen LogP contribution in [0.1, 0.15) is 33.6 Å². The first-order valence-electron chi connectivity index (χ1n) is 16.1. The normalized spacial score (nSPS) is 19.1. The number of nitrogens with zero attached hydrogens (tertiary/aromatic N) is 4. The Kier molecular flexibility index (Phi) is 7.75. The fraction of sp³-hybridized carbons (Fsp3) is 0.306. The number of carbonyl (C=O) groups excluding carboxylic acids is 2. The fourth-order valence-electron chi connectivity index (χ4n) is 7.45. The Bertz CT molecular complexity index is 2220. The van der Waals surface area contributed by atoms with Crippen molar-refractivity contribution >= 4 is 33.9 Å². The lowest BCUT2D eigenvalue weighted by molar-refractivity contribution is -0.137. The van der Waals surface area contributed by atoms with Gasteiger partial charge in [-0.1, -0.05) is 12.1 Å². The standard InChI is InChI=1S/C36H30F5N5O4/c1-44-18-42-32-27(44)14-24(36(39,40)41)30-23-4-2-8-46-28(13-20(33(23)46)6-9-50-35(30)32)34(48)21-11-25(37)31(26(38)12-21)43-29(47)5-3-7-45-15-19-10-22(45)17-49-16-19/h2-5,8,11-14,18-19,22H,6-7,9-10,15-17H2,1H3,(H,43,47)/b5-3+. The predicted molar refractivity (Wildman–Crippen MR) is 173 cm³/mol. The molecule has 0 saturated carbocycles. The number of aryl methyl sites for hydroxylation is 1. The zero-order valence-corrected chi connectivity index (χ0v) is 26.7. The summed E-state index contributed by atoms with van der Waals surface area (Å²) in [6.45, 7) is 2.70. The van der Waals surface area contributed by atoms with Gasteiger partial charge in [0.1, 0.15) is 22.8 Å². The van der Waals surface area contributed by atoms with Crippen molar-refractivity contribution < 1.29 is 41.0 Å². The van der Waals surface area contributed by atoms with Crippen molar-refractivity contribution in [2.45, 2.75) is 25.1 Å². The van der Waals surface area contributed by atoms with Crippen LogP contribution in [0.15, 0.2) is 61.1 Å². The maximum Gasteiger partial charge on any atom is 0.417 e. The first-order valence-corrected chi connectivity index (χ1v) is 16.1. The van der Waals surface area contributed by atoms with Crippen LogP contribution in [0.5, 0.6) is 5.75 Å². The Morgan fingerprint density at radius 1 is 1.12 bits per heavy atom. The molecule has 14 heteroatoms. The molecule has 3 aromatic heterocycles. The average Bonchev–Trinajstić information content (AvgIpc) is 3.72. The van der Waals surface area contributed by atoms with Crippen LogP contribution in [0.3, 0.4) is 0 Å². The van der Waals surface area contributed by atoms with Crippen molar-refractivity contribution in [2.75, 3.05) is 38.2 Å². The van der Waals surface area contributed by atoms with Gasteiger partial charge in [0.05, 0.1) is 48.4 Å². The number of hydrogen-bond acceptors (Lipinski definition) is 6. The lowest BCUT2D eigenvalue weighted by Gasteiger charge is -2.22. The van der Waals surface area contributed by atoms with Gasteiger partial charge in [0.15, 0.2) is 5.75 Å². The molecule has 2 atom stereocenters. The second-order valence-electron chi connectivity index (χ2n) is 12.9. The predicted octanol–water partition coefficient (Wildman–Crippen LogP) is 6.17.